The van der Waals surface area contributed by atoms with Gasteiger partial charge >= 0.3 is 0 Å². The minimum atomic E-state index is -1.02. The molecule has 2 aromatic heterocycles. The third kappa shape index (κ3) is 4.37. The third-order valence-electron chi connectivity index (χ3n) is 4.71. The van der Waals surface area contributed by atoms with Crippen molar-refractivity contribution in [1.29, 1.82) is 0 Å². The van der Waals surface area contributed by atoms with Crippen LogP contribution in [0.4, 0.5) is 19.1 Å². The first-order valence-corrected chi connectivity index (χ1v) is 9.48. The van der Waals surface area contributed by atoms with E-state index in [9.17, 15) is 13.2 Å². The van der Waals surface area contributed by atoms with Crippen LogP contribution in [0.3, 0.4) is 0 Å². The number of rotatable bonds is 7. The number of halogens is 3. The van der Waals surface area contributed by atoms with E-state index in [4.69, 9.17) is 10.5 Å². The first kappa shape index (κ1) is 19.8. The van der Waals surface area contributed by atoms with E-state index in [-0.39, 0.29) is 24.1 Å². The van der Waals surface area contributed by atoms with Crippen molar-refractivity contribution < 1.29 is 17.9 Å². The lowest BCUT2D eigenvalue weighted by Crippen LogP contribution is -2.02. The molecule has 154 valence electrons. The van der Waals surface area contributed by atoms with Gasteiger partial charge in [0.15, 0.2) is 17.2 Å². The minimum absolute atomic E-state index is 0.127. The maximum Gasteiger partial charge on any atom is 0.240 e. The zero-order valence-corrected chi connectivity index (χ0v) is 16.0. The van der Waals surface area contributed by atoms with Gasteiger partial charge in [-0.1, -0.05) is 12.1 Å². The summed E-state index contributed by atoms with van der Waals surface area (Å²) in [6, 6.07) is 12.3. The second-order valence-corrected chi connectivity index (χ2v) is 6.89. The highest BCUT2D eigenvalue weighted by molar-refractivity contribution is 5.69. The van der Waals surface area contributed by atoms with Gasteiger partial charge in [0.2, 0.25) is 11.8 Å². The molecule has 4 rings (SSSR count). The Bertz CT molecular complexity index is 1180. The molecule has 0 atom stereocenters. The molecular formula is C22H19F3N4O. The highest BCUT2D eigenvalue weighted by Crippen LogP contribution is 2.29. The maximum absolute atomic E-state index is 14.2. The Labute approximate surface area is 170 Å². The van der Waals surface area contributed by atoms with Crippen LogP contribution in [-0.2, 0) is 6.42 Å². The molecular weight excluding hydrogens is 393 g/mol. The number of anilines is 1. The average Bonchev–Trinajstić information content (AvgIpc) is 3.11. The van der Waals surface area contributed by atoms with Crippen LogP contribution in [0, 0.1) is 17.5 Å². The van der Waals surface area contributed by atoms with E-state index in [1.807, 2.05) is 0 Å². The van der Waals surface area contributed by atoms with Crippen LogP contribution in [-0.4, -0.2) is 21.2 Å². The van der Waals surface area contributed by atoms with Gasteiger partial charge in [-0.3, -0.25) is 0 Å². The summed E-state index contributed by atoms with van der Waals surface area (Å²) in [6.07, 6.45) is 3.82. The lowest BCUT2D eigenvalue weighted by molar-refractivity contribution is 0.287. The molecule has 2 heterocycles. The fraction of sp³-hybridized carbons (Fsp3) is 0.182. The van der Waals surface area contributed by atoms with Crippen molar-refractivity contribution in [2.45, 2.75) is 19.3 Å². The van der Waals surface area contributed by atoms with Crippen molar-refractivity contribution in [1.82, 2.24) is 14.6 Å². The predicted molar refractivity (Wildman–Crippen MR) is 108 cm³/mol. The topological polar surface area (TPSA) is 65.4 Å². The van der Waals surface area contributed by atoms with E-state index < -0.39 is 11.6 Å². The van der Waals surface area contributed by atoms with E-state index >= 15 is 0 Å². The quantitative estimate of drug-likeness (QED) is 0.443. The number of fused-ring (bicyclic) bond motifs is 1. The molecule has 0 saturated heterocycles. The second-order valence-electron chi connectivity index (χ2n) is 6.89. The number of hydrogen-bond acceptors (Lipinski definition) is 4. The van der Waals surface area contributed by atoms with E-state index in [0.29, 0.717) is 23.2 Å². The van der Waals surface area contributed by atoms with Crippen LogP contribution in [0.25, 0.3) is 16.8 Å². The van der Waals surface area contributed by atoms with Gasteiger partial charge in [0, 0.05) is 6.20 Å². The van der Waals surface area contributed by atoms with Crippen LogP contribution in [0.5, 0.6) is 5.75 Å². The molecule has 30 heavy (non-hydrogen) atoms. The number of nitrogens with zero attached hydrogens (tertiary/aromatic N) is 3. The van der Waals surface area contributed by atoms with E-state index in [1.54, 1.807) is 30.5 Å². The molecule has 0 aliphatic rings. The molecule has 0 fully saturated rings. The number of nitrogen functional groups attached to an aromatic ring is 1. The van der Waals surface area contributed by atoms with Crippen LogP contribution >= 0.6 is 0 Å². The van der Waals surface area contributed by atoms with Crippen LogP contribution < -0.4 is 10.5 Å². The molecule has 2 aromatic carbocycles. The zero-order valence-electron chi connectivity index (χ0n) is 16.0. The van der Waals surface area contributed by atoms with Crippen LogP contribution in [0.1, 0.15) is 18.4 Å². The Morgan fingerprint density at radius 1 is 0.933 bits per heavy atom. The summed E-state index contributed by atoms with van der Waals surface area (Å²) in [5.74, 6) is -2.31. The van der Waals surface area contributed by atoms with Crippen molar-refractivity contribution in [2.75, 3.05) is 12.3 Å². The summed E-state index contributed by atoms with van der Waals surface area (Å²) >= 11 is 0. The van der Waals surface area contributed by atoms with Crippen LogP contribution in [0.2, 0.25) is 0 Å². The Kier molecular flexibility index (Phi) is 5.56. The number of benzene rings is 2. The Balaban J connectivity index is 1.42. The van der Waals surface area contributed by atoms with E-state index in [2.05, 4.69) is 10.1 Å². The molecule has 0 radical (unpaired) electrons. The van der Waals surface area contributed by atoms with Gasteiger partial charge in [-0.05, 0) is 72.4 Å². The molecule has 0 spiro atoms. The normalized spacial score (nSPS) is 11.2. The molecule has 5 nitrogen and oxygen atoms in total. The fourth-order valence-corrected chi connectivity index (χ4v) is 3.18. The van der Waals surface area contributed by atoms with Gasteiger partial charge in [0.1, 0.15) is 5.82 Å². The van der Waals surface area contributed by atoms with Crippen molar-refractivity contribution in [3.8, 4) is 16.9 Å². The summed E-state index contributed by atoms with van der Waals surface area (Å²) < 4.78 is 48.2. The SMILES string of the molecule is Nc1nc2cc(-c3cc(F)c(F)c(OCCCCc4ccc(F)cc4)c3)ccn2n1. The predicted octanol–water partition coefficient (Wildman–Crippen LogP) is 4.80. The molecule has 0 aliphatic carbocycles. The highest BCUT2D eigenvalue weighted by atomic mass is 19.2. The largest absolute Gasteiger partial charge is 0.490 e. The van der Waals surface area contributed by atoms with Crippen molar-refractivity contribution in [3.05, 3.63) is 77.7 Å². The van der Waals surface area contributed by atoms with Gasteiger partial charge in [0.05, 0.1) is 6.61 Å². The van der Waals surface area contributed by atoms with Gasteiger partial charge in [-0.25, -0.2) is 13.3 Å². The number of aryl methyl sites for hydroxylation is 1. The van der Waals surface area contributed by atoms with Gasteiger partial charge in [-0.2, -0.15) is 9.37 Å². The van der Waals surface area contributed by atoms with E-state index in [1.165, 1.54) is 22.7 Å². The van der Waals surface area contributed by atoms with Crippen molar-refractivity contribution in [3.63, 3.8) is 0 Å². The molecule has 0 unspecified atom stereocenters. The summed E-state index contributed by atoms with van der Waals surface area (Å²) in [5, 5.41) is 3.99. The summed E-state index contributed by atoms with van der Waals surface area (Å²) in [7, 11) is 0. The fourth-order valence-electron chi connectivity index (χ4n) is 3.18. The van der Waals surface area contributed by atoms with E-state index in [0.717, 1.165) is 24.5 Å². The summed E-state index contributed by atoms with van der Waals surface area (Å²) in [4.78, 5) is 4.07. The molecule has 8 heteroatoms. The average molecular weight is 412 g/mol. The Morgan fingerprint density at radius 2 is 1.73 bits per heavy atom. The molecule has 2 N–H and O–H groups in total. The third-order valence-corrected chi connectivity index (χ3v) is 4.71. The molecule has 0 saturated carbocycles. The molecule has 0 aliphatic heterocycles. The number of nitrogens with two attached hydrogens (primary N) is 1. The Morgan fingerprint density at radius 3 is 2.53 bits per heavy atom. The standard InChI is InChI=1S/C22H19F3N4O/c23-17-6-4-14(5-7-17)3-1-2-10-30-19-12-16(11-18(24)21(19)25)15-8-9-29-20(13-15)27-22(26)28-29/h4-9,11-13H,1-3,10H2,(H2,26,28). The maximum atomic E-state index is 14.2. The second kappa shape index (κ2) is 8.44. The van der Waals surface area contributed by atoms with Crippen LogP contribution in [0.15, 0.2) is 54.7 Å². The smallest absolute Gasteiger partial charge is 0.240 e. The van der Waals surface area contributed by atoms with Gasteiger partial charge < -0.3 is 10.5 Å². The number of unbranched alkanes of at least 4 members (excludes halogenated alkanes) is 1. The van der Waals surface area contributed by atoms with Gasteiger partial charge in [-0.15, -0.1) is 5.10 Å². The number of hydrogen-bond donors (Lipinski definition) is 1. The minimum Gasteiger partial charge on any atom is -0.490 e. The first-order chi connectivity index (χ1) is 14.5. The highest BCUT2D eigenvalue weighted by Gasteiger charge is 2.14. The lowest BCUT2D eigenvalue weighted by Gasteiger charge is -2.11. The number of ether oxygens (including phenoxy) is 1. The summed E-state index contributed by atoms with van der Waals surface area (Å²) in [5.41, 5.74) is 8.19. The number of aromatic nitrogens is 3. The zero-order chi connectivity index (χ0) is 21.1. The van der Waals surface area contributed by atoms with Gasteiger partial charge in [0.25, 0.3) is 0 Å². The lowest BCUT2D eigenvalue weighted by atomic mass is 10.1. The molecule has 0 bridgehead atoms. The Hall–Kier alpha value is -3.55. The summed E-state index contributed by atoms with van der Waals surface area (Å²) in [6.45, 7) is 0.237. The van der Waals surface area contributed by atoms with Crippen molar-refractivity contribution in [2.24, 2.45) is 0 Å². The number of pyridine rings is 1. The molecule has 4 aromatic rings. The monoisotopic (exact) mass is 412 g/mol. The molecule has 0 amide bonds. The van der Waals surface area contributed by atoms with Crippen molar-refractivity contribution >= 4 is 11.6 Å². The first-order valence-electron chi connectivity index (χ1n) is 9.48.